The molecule has 2 rings (SSSR count). The van der Waals surface area contributed by atoms with Crippen LogP contribution in [0.3, 0.4) is 0 Å². The summed E-state index contributed by atoms with van der Waals surface area (Å²) < 4.78 is 52.9. The van der Waals surface area contributed by atoms with E-state index >= 15 is 0 Å². The van der Waals surface area contributed by atoms with Crippen molar-refractivity contribution in [2.24, 2.45) is 5.73 Å². The van der Waals surface area contributed by atoms with E-state index in [9.17, 15) is 17.2 Å². The number of nitrogens with one attached hydrogen (secondary N) is 1. The first kappa shape index (κ1) is 15.6. The van der Waals surface area contributed by atoms with E-state index < -0.39 is 21.7 Å². The fraction of sp³-hybridized carbons (Fsp3) is 0.143. The van der Waals surface area contributed by atoms with E-state index in [0.717, 1.165) is 12.1 Å². The standard InChI is InChI=1S/C14H14F2N2O2S/c15-12-2-1-3-13(7-12)21(19,20)18-9-11-5-4-10(8-17)6-14(11)16/h1-7,18H,8-9,17H2. The summed E-state index contributed by atoms with van der Waals surface area (Å²) >= 11 is 0. The van der Waals surface area contributed by atoms with Gasteiger partial charge in [0.25, 0.3) is 0 Å². The van der Waals surface area contributed by atoms with Crippen molar-refractivity contribution in [2.45, 2.75) is 18.0 Å². The predicted molar refractivity (Wildman–Crippen MR) is 74.7 cm³/mol. The molecule has 0 aliphatic carbocycles. The van der Waals surface area contributed by atoms with Crippen molar-refractivity contribution in [3.63, 3.8) is 0 Å². The highest BCUT2D eigenvalue weighted by molar-refractivity contribution is 7.89. The zero-order chi connectivity index (χ0) is 15.5. The molecule has 4 nitrogen and oxygen atoms in total. The molecular formula is C14H14F2N2O2S. The maximum atomic E-state index is 13.7. The molecule has 0 aliphatic rings. The SMILES string of the molecule is NCc1ccc(CNS(=O)(=O)c2cccc(F)c2)c(F)c1. The van der Waals surface area contributed by atoms with Gasteiger partial charge in [0.2, 0.25) is 10.0 Å². The van der Waals surface area contributed by atoms with Crippen molar-refractivity contribution >= 4 is 10.0 Å². The summed E-state index contributed by atoms with van der Waals surface area (Å²) in [6, 6.07) is 8.94. The smallest absolute Gasteiger partial charge is 0.240 e. The number of benzene rings is 2. The van der Waals surface area contributed by atoms with Crippen LogP contribution in [-0.2, 0) is 23.1 Å². The molecule has 0 saturated carbocycles. The van der Waals surface area contributed by atoms with Crippen molar-refractivity contribution in [1.29, 1.82) is 0 Å². The van der Waals surface area contributed by atoms with Crippen LogP contribution in [0.5, 0.6) is 0 Å². The number of hydrogen-bond acceptors (Lipinski definition) is 3. The molecule has 0 amide bonds. The van der Waals surface area contributed by atoms with Crippen LogP contribution in [0.1, 0.15) is 11.1 Å². The Kier molecular flexibility index (Phi) is 4.66. The summed E-state index contributed by atoms with van der Waals surface area (Å²) in [7, 11) is -3.89. The fourth-order valence-electron chi connectivity index (χ4n) is 1.75. The average Bonchev–Trinajstić information content (AvgIpc) is 2.46. The first-order chi connectivity index (χ1) is 9.92. The van der Waals surface area contributed by atoms with Gasteiger partial charge in [-0.25, -0.2) is 21.9 Å². The Balaban J connectivity index is 2.15. The summed E-state index contributed by atoms with van der Waals surface area (Å²) in [4.78, 5) is -0.207. The Bertz CT molecular complexity index is 748. The number of sulfonamides is 1. The maximum absolute atomic E-state index is 13.7. The molecule has 21 heavy (non-hydrogen) atoms. The Morgan fingerprint density at radius 2 is 1.86 bits per heavy atom. The molecule has 0 saturated heterocycles. The number of halogens is 2. The second-order valence-electron chi connectivity index (χ2n) is 4.41. The Labute approximate surface area is 121 Å². The van der Waals surface area contributed by atoms with Crippen molar-refractivity contribution in [3.8, 4) is 0 Å². The fourth-order valence-corrected chi connectivity index (χ4v) is 2.79. The Hall–Kier alpha value is -1.83. The lowest BCUT2D eigenvalue weighted by Gasteiger charge is -2.08. The van der Waals surface area contributed by atoms with Crippen molar-refractivity contribution < 1.29 is 17.2 Å². The Morgan fingerprint density at radius 3 is 2.48 bits per heavy atom. The molecule has 0 atom stereocenters. The van der Waals surface area contributed by atoms with E-state index in [1.54, 1.807) is 6.07 Å². The van der Waals surface area contributed by atoms with Crippen LogP contribution in [0.15, 0.2) is 47.4 Å². The van der Waals surface area contributed by atoms with E-state index in [-0.39, 0.29) is 23.5 Å². The molecule has 0 bridgehead atoms. The third-order valence-electron chi connectivity index (χ3n) is 2.91. The summed E-state index contributed by atoms with van der Waals surface area (Å²) in [5, 5.41) is 0. The molecule has 0 aromatic heterocycles. The molecule has 7 heteroatoms. The largest absolute Gasteiger partial charge is 0.326 e. The zero-order valence-electron chi connectivity index (χ0n) is 11.0. The van der Waals surface area contributed by atoms with Gasteiger partial charge in [-0.1, -0.05) is 18.2 Å². The molecule has 0 unspecified atom stereocenters. The van der Waals surface area contributed by atoms with Crippen LogP contribution in [0.4, 0.5) is 8.78 Å². The molecule has 0 aliphatic heterocycles. The van der Waals surface area contributed by atoms with Crippen molar-refractivity contribution in [1.82, 2.24) is 4.72 Å². The normalized spacial score (nSPS) is 11.6. The van der Waals surface area contributed by atoms with Gasteiger partial charge in [0.15, 0.2) is 0 Å². The summed E-state index contributed by atoms with van der Waals surface area (Å²) in [5.41, 5.74) is 6.19. The van der Waals surface area contributed by atoms with Crippen LogP contribution in [0.2, 0.25) is 0 Å². The highest BCUT2D eigenvalue weighted by Crippen LogP contribution is 2.13. The molecule has 0 fully saturated rings. The van der Waals surface area contributed by atoms with Gasteiger partial charge in [-0.2, -0.15) is 0 Å². The first-order valence-corrected chi connectivity index (χ1v) is 7.63. The van der Waals surface area contributed by atoms with Crippen LogP contribution >= 0.6 is 0 Å². The quantitative estimate of drug-likeness (QED) is 0.886. The second-order valence-corrected chi connectivity index (χ2v) is 6.18. The van der Waals surface area contributed by atoms with Gasteiger partial charge in [0.1, 0.15) is 11.6 Å². The maximum Gasteiger partial charge on any atom is 0.240 e. The minimum Gasteiger partial charge on any atom is -0.326 e. The van der Waals surface area contributed by atoms with E-state index in [4.69, 9.17) is 5.73 Å². The van der Waals surface area contributed by atoms with Crippen LogP contribution < -0.4 is 10.5 Å². The van der Waals surface area contributed by atoms with Gasteiger partial charge >= 0.3 is 0 Å². The molecule has 0 radical (unpaired) electrons. The minimum absolute atomic E-state index is 0.187. The lowest BCUT2D eigenvalue weighted by Crippen LogP contribution is -2.24. The topological polar surface area (TPSA) is 72.2 Å². The molecule has 0 spiro atoms. The van der Waals surface area contributed by atoms with Gasteiger partial charge in [-0.05, 0) is 29.8 Å². The lowest BCUT2D eigenvalue weighted by atomic mass is 10.1. The molecule has 112 valence electrons. The summed E-state index contributed by atoms with van der Waals surface area (Å²) in [6.07, 6.45) is 0. The van der Waals surface area contributed by atoms with Gasteiger partial charge in [-0.15, -0.1) is 0 Å². The third-order valence-corrected chi connectivity index (χ3v) is 4.31. The average molecular weight is 312 g/mol. The Morgan fingerprint density at radius 1 is 1.10 bits per heavy atom. The van der Waals surface area contributed by atoms with E-state index in [2.05, 4.69) is 4.72 Å². The first-order valence-electron chi connectivity index (χ1n) is 6.15. The minimum atomic E-state index is -3.89. The lowest BCUT2D eigenvalue weighted by molar-refractivity contribution is 0.571. The van der Waals surface area contributed by atoms with Crippen LogP contribution in [0.25, 0.3) is 0 Å². The number of hydrogen-bond donors (Lipinski definition) is 2. The van der Waals surface area contributed by atoms with Gasteiger partial charge in [0, 0.05) is 18.7 Å². The van der Waals surface area contributed by atoms with E-state index in [1.807, 2.05) is 0 Å². The molecular weight excluding hydrogens is 298 g/mol. The van der Waals surface area contributed by atoms with Gasteiger partial charge < -0.3 is 5.73 Å². The second kappa shape index (κ2) is 6.30. The monoisotopic (exact) mass is 312 g/mol. The molecule has 2 aromatic carbocycles. The number of nitrogens with two attached hydrogens (primary N) is 1. The summed E-state index contributed by atoms with van der Waals surface area (Å²) in [6.45, 7) is -0.0260. The van der Waals surface area contributed by atoms with Gasteiger partial charge in [0.05, 0.1) is 4.90 Å². The van der Waals surface area contributed by atoms with Crippen LogP contribution in [-0.4, -0.2) is 8.42 Å². The number of rotatable bonds is 5. The van der Waals surface area contributed by atoms with Crippen LogP contribution in [0, 0.1) is 11.6 Å². The van der Waals surface area contributed by atoms with E-state index in [1.165, 1.54) is 24.3 Å². The predicted octanol–water partition coefficient (Wildman–Crippen LogP) is 1.90. The third kappa shape index (κ3) is 3.84. The molecule has 2 aromatic rings. The van der Waals surface area contributed by atoms with Gasteiger partial charge in [-0.3, -0.25) is 0 Å². The molecule has 3 N–H and O–H groups in total. The van der Waals surface area contributed by atoms with Crippen molar-refractivity contribution in [2.75, 3.05) is 0 Å². The zero-order valence-corrected chi connectivity index (χ0v) is 11.8. The highest BCUT2D eigenvalue weighted by atomic mass is 32.2. The van der Waals surface area contributed by atoms with Crippen molar-refractivity contribution in [3.05, 3.63) is 65.2 Å². The highest BCUT2D eigenvalue weighted by Gasteiger charge is 2.15. The molecule has 0 heterocycles. The van der Waals surface area contributed by atoms with E-state index in [0.29, 0.717) is 5.56 Å². The summed E-state index contributed by atoms with van der Waals surface area (Å²) in [5.74, 6) is -1.20.